The molecule has 4 aromatic rings. The standard InChI is InChI=1S/C28H29N9O3/c1-15-5-6-29-25(32-15)19-10-20(19)27(38)35-24-11-23(30-14-31-24)33-16(2)21-13-36-12-18(17-3-4-17)9-22(26(36)34-21)37-7-8-40-28(37)39/h5-6,9,11-14,16-17,19-20H,3-4,7-8,10H2,1-2H3,(H2,30,31,33,35,38)/t16-,19+,20+/m1/s1. The van der Waals surface area contributed by atoms with Gasteiger partial charge in [0.15, 0.2) is 5.65 Å². The van der Waals surface area contributed by atoms with Crippen molar-refractivity contribution in [2.45, 2.75) is 51.0 Å². The zero-order valence-electron chi connectivity index (χ0n) is 22.2. The molecule has 1 aliphatic heterocycles. The fourth-order valence-corrected chi connectivity index (χ4v) is 5.22. The van der Waals surface area contributed by atoms with Gasteiger partial charge in [-0.1, -0.05) is 0 Å². The number of nitrogens with one attached hydrogen (secondary N) is 2. The zero-order chi connectivity index (χ0) is 27.4. The van der Waals surface area contributed by atoms with E-state index in [-0.39, 0.29) is 29.9 Å². The van der Waals surface area contributed by atoms with Crippen LogP contribution in [0.25, 0.3) is 5.65 Å². The van der Waals surface area contributed by atoms with Crippen LogP contribution in [0, 0.1) is 12.8 Å². The number of hydrogen-bond acceptors (Lipinski definition) is 9. The number of rotatable bonds is 8. The van der Waals surface area contributed by atoms with Crippen molar-refractivity contribution in [3.05, 3.63) is 65.9 Å². The van der Waals surface area contributed by atoms with Crippen molar-refractivity contribution in [1.29, 1.82) is 0 Å². The van der Waals surface area contributed by atoms with E-state index in [9.17, 15) is 9.59 Å². The molecule has 0 bridgehead atoms. The van der Waals surface area contributed by atoms with E-state index in [1.54, 1.807) is 17.2 Å². The van der Waals surface area contributed by atoms with Crippen LogP contribution in [0.5, 0.6) is 0 Å². The van der Waals surface area contributed by atoms with Gasteiger partial charge in [0.2, 0.25) is 5.91 Å². The van der Waals surface area contributed by atoms with Crippen LogP contribution in [0.3, 0.4) is 0 Å². The number of nitrogens with zero attached hydrogens (tertiary/aromatic N) is 7. The number of aryl methyl sites for hydroxylation is 1. The Balaban J connectivity index is 1.07. The van der Waals surface area contributed by atoms with Crippen LogP contribution in [0.15, 0.2) is 43.1 Å². The van der Waals surface area contributed by atoms with Crippen molar-refractivity contribution >= 4 is 35.0 Å². The minimum atomic E-state index is -0.343. The average Bonchev–Trinajstić information content (AvgIpc) is 3.86. The lowest BCUT2D eigenvalue weighted by Gasteiger charge is -2.15. The Morgan fingerprint density at radius 2 is 1.98 bits per heavy atom. The van der Waals surface area contributed by atoms with Crippen LogP contribution in [0.1, 0.15) is 66.8 Å². The summed E-state index contributed by atoms with van der Waals surface area (Å²) in [7, 11) is 0. The summed E-state index contributed by atoms with van der Waals surface area (Å²) in [6, 6.07) is 5.43. The van der Waals surface area contributed by atoms with Gasteiger partial charge in [0.05, 0.1) is 24.0 Å². The molecule has 12 heteroatoms. The quantitative estimate of drug-likeness (QED) is 0.340. The summed E-state index contributed by atoms with van der Waals surface area (Å²) in [6.07, 6.45) is 9.92. The van der Waals surface area contributed by atoms with E-state index in [1.807, 2.05) is 30.5 Å². The summed E-state index contributed by atoms with van der Waals surface area (Å²) in [6.45, 7) is 4.79. The number of amides is 2. The molecular formula is C28H29N9O3. The molecule has 0 unspecified atom stereocenters. The Bertz CT molecular complexity index is 1630. The molecule has 40 heavy (non-hydrogen) atoms. The predicted molar refractivity (Wildman–Crippen MR) is 146 cm³/mol. The largest absolute Gasteiger partial charge is 0.447 e. The SMILES string of the molecule is Cc1ccnc([C@H]2C[C@@H]2C(=O)Nc2cc(N[C@H](C)c3cn4cc(C5CC5)cc(N5CCOC5=O)c4n3)ncn2)n1. The van der Waals surface area contributed by atoms with Gasteiger partial charge in [0.1, 0.15) is 30.4 Å². The highest BCUT2D eigenvalue weighted by Crippen LogP contribution is 2.46. The molecule has 5 heterocycles. The highest BCUT2D eigenvalue weighted by atomic mass is 16.6. The second-order valence-corrected chi connectivity index (χ2v) is 10.7. The van der Waals surface area contributed by atoms with Gasteiger partial charge in [-0.3, -0.25) is 9.69 Å². The maximum Gasteiger partial charge on any atom is 0.414 e. The van der Waals surface area contributed by atoms with Crippen LogP contribution in [-0.2, 0) is 9.53 Å². The number of pyridine rings is 1. The number of imidazole rings is 1. The molecule has 0 aromatic carbocycles. The second-order valence-electron chi connectivity index (χ2n) is 10.7. The highest BCUT2D eigenvalue weighted by Gasteiger charge is 2.46. The Kier molecular flexibility index (Phi) is 5.83. The molecule has 2 saturated carbocycles. The topological polar surface area (TPSA) is 140 Å². The summed E-state index contributed by atoms with van der Waals surface area (Å²) < 4.78 is 7.19. The molecule has 0 spiro atoms. The minimum absolute atomic E-state index is 0.0298. The summed E-state index contributed by atoms with van der Waals surface area (Å²) in [4.78, 5) is 49.1. The first-order valence-electron chi connectivity index (χ1n) is 13.6. The summed E-state index contributed by atoms with van der Waals surface area (Å²) in [5.41, 5.74) is 4.37. The maximum atomic E-state index is 12.8. The van der Waals surface area contributed by atoms with E-state index in [4.69, 9.17) is 9.72 Å². The van der Waals surface area contributed by atoms with Gasteiger partial charge < -0.3 is 19.8 Å². The van der Waals surface area contributed by atoms with E-state index in [0.717, 1.165) is 36.3 Å². The van der Waals surface area contributed by atoms with Crippen LogP contribution < -0.4 is 15.5 Å². The van der Waals surface area contributed by atoms with Crippen LogP contribution in [0.2, 0.25) is 0 Å². The van der Waals surface area contributed by atoms with Crippen molar-refractivity contribution in [3.63, 3.8) is 0 Å². The van der Waals surface area contributed by atoms with Crippen LogP contribution in [0.4, 0.5) is 22.1 Å². The predicted octanol–water partition coefficient (Wildman–Crippen LogP) is 3.97. The lowest BCUT2D eigenvalue weighted by molar-refractivity contribution is -0.117. The fourth-order valence-electron chi connectivity index (χ4n) is 5.22. The average molecular weight is 540 g/mol. The molecule has 2 aliphatic carbocycles. The van der Waals surface area contributed by atoms with Gasteiger partial charge in [-0.2, -0.15) is 0 Å². The van der Waals surface area contributed by atoms with Crippen molar-refractivity contribution in [3.8, 4) is 0 Å². The molecule has 204 valence electrons. The Morgan fingerprint density at radius 3 is 2.75 bits per heavy atom. The van der Waals surface area contributed by atoms with E-state index in [0.29, 0.717) is 42.2 Å². The lowest BCUT2D eigenvalue weighted by atomic mass is 10.1. The Hall–Kier alpha value is -4.61. The number of cyclic esters (lactones) is 1. The third-order valence-electron chi connectivity index (χ3n) is 7.67. The number of ether oxygens (including phenoxy) is 1. The van der Waals surface area contributed by atoms with Gasteiger partial charge in [-0.15, -0.1) is 0 Å². The smallest absolute Gasteiger partial charge is 0.414 e. The zero-order valence-corrected chi connectivity index (χ0v) is 22.2. The molecule has 2 amide bonds. The van der Waals surface area contributed by atoms with Gasteiger partial charge in [-0.05, 0) is 56.7 Å². The number of carbonyl (C=O) groups is 2. The first kappa shape index (κ1) is 24.4. The molecule has 1 saturated heterocycles. The number of fused-ring (bicyclic) bond motifs is 1. The molecular weight excluding hydrogens is 510 g/mol. The van der Waals surface area contributed by atoms with Gasteiger partial charge in [0.25, 0.3) is 0 Å². The molecule has 12 nitrogen and oxygen atoms in total. The first-order chi connectivity index (χ1) is 19.4. The molecule has 4 aromatic heterocycles. The van der Waals surface area contributed by atoms with Crippen LogP contribution >= 0.6 is 0 Å². The summed E-state index contributed by atoms with van der Waals surface area (Å²) in [5.74, 6) is 1.96. The van der Waals surface area contributed by atoms with Gasteiger partial charge in [0, 0.05) is 42.2 Å². The summed E-state index contributed by atoms with van der Waals surface area (Å²) >= 11 is 0. The van der Waals surface area contributed by atoms with Crippen molar-refractivity contribution in [1.82, 2.24) is 29.3 Å². The molecule has 0 radical (unpaired) electrons. The van der Waals surface area contributed by atoms with Gasteiger partial charge in [-0.25, -0.2) is 29.7 Å². The van der Waals surface area contributed by atoms with E-state index in [2.05, 4.69) is 42.8 Å². The van der Waals surface area contributed by atoms with Gasteiger partial charge >= 0.3 is 6.09 Å². The number of hydrogen-bond donors (Lipinski definition) is 2. The monoisotopic (exact) mass is 539 g/mol. The first-order valence-corrected chi connectivity index (χ1v) is 13.6. The highest BCUT2D eigenvalue weighted by molar-refractivity contribution is 5.95. The minimum Gasteiger partial charge on any atom is -0.447 e. The van der Waals surface area contributed by atoms with E-state index in [1.165, 1.54) is 11.9 Å². The summed E-state index contributed by atoms with van der Waals surface area (Å²) in [5, 5.41) is 6.27. The number of aromatic nitrogens is 6. The Morgan fingerprint density at radius 1 is 1.12 bits per heavy atom. The van der Waals surface area contributed by atoms with E-state index >= 15 is 0 Å². The lowest BCUT2D eigenvalue weighted by Crippen LogP contribution is -2.24. The molecule has 3 fully saturated rings. The second kappa shape index (κ2) is 9.54. The normalized spacial score (nSPS) is 20.9. The number of carbonyl (C=O) groups excluding carboxylic acids is 2. The van der Waals surface area contributed by atoms with E-state index < -0.39 is 0 Å². The third kappa shape index (κ3) is 4.69. The maximum absolute atomic E-state index is 12.8. The molecule has 3 atom stereocenters. The Labute approximate surface area is 230 Å². The van der Waals surface area contributed by atoms with Crippen molar-refractivity contribution < 1.29 is 14.3 Å². The van der Waals surface area contributed by atoms with Crippen molar-refractivity contribution in [2.24, 2.45) is 5.92 Å². The molecule has 2 N–H and O–H groups in total. The molecule has 7 rings (SSSR count). The van der Waals surface area contributed by atoms with Crippen molar-refractivity contribution in [2.75, 3.05) is 28.7 Å². The van der Waals surface area contributed by atoms with Crippen LogP contribution in [-0.4, -0.2) is 54.5 Å². The third-order valence-corrected chi connectivity index (χ3v) is 7.67. The number of anilines is 3. The fraction of sp³-hybridized carbons (Fsp3) is 0.393. The molecule has 3 aliphatic rings.